The van der Waals surface area contributed by atoms with Gasteiger partial charge < -0.3 is 20.1 Å². The fourth-order valence-corrected chi connectivity index (χ4v) is 3.35. The standard InChI is InChI=1S/C13H26N4O4S.HI/c14-13(17-5-8-20-9-6-17)15-4-10-22(18,19)16-11-12-3-1-2-7-21-12;/h12,16H,1-11H2,(H2,14,15);1H. The first-order valence-corrected chi connectivity index (χ1v) is 9.43. The molecule has 0 aliphatic carbocycles. The second kappa shape index (κ2) is 10.6. The smallest absolute Gasteiger partial charge is 0.213 e. The van der Waals surface area contributed by atoms with Gasteiger partial charge in [0.25, 0.3) is 0 Å². The van der Waals surface area contributed by atoms with Crippen LogP contribution >= 0.6 is 24.0 Å². The van der Waals surface area contributed by atoms with Gasteiger partial charge in [0.1, 0.15) is 0 Å². The summed E-state index contributed by atoms with van der Waals surface area (Å²) in [7, 11) is -3.34. The van der Waals surface area contributed by atoms with Crippen molar-refractivity contribution in [2.45, 2.75) is 25.4 Å². The fraction of sp³-hybridized carbons (Fsp3) is 0.923. The van der Waals surface area contributed by atoms with E-state index >= 15 is 0 Å². The molecule has 0 aromatic heterocycles. The first-order chi connectivity index (χ1) is 10.6. The molecule has 2 heterocycles. The van der Waals surface area contributed by atoms with Crippen molar-refractivity contribution in [3.63, 3.8) is 0 Å². The molecule has 8 nitrogen and oxygen atoms in total. The molecule has 0 amide bonds. The van der Waals surface area contributed by atoms with E-state index in [-0.39, 0.29) is 42.4 Å². The minimum absolute atomic E-state index is 0. The monoisotopic (exact) mass is 462 g/mol. The number of rotatable bonds is 6. The zero-order valence-corrected chi connectivity index (χ0v) is 16.4. The van der Waals surface area contributed by atoms with Crippen LogP contribution in [0.1, 0.15) is 19.3 Å². The lowest BCUT2D eigenvalue weighted by Gasteiger charge is -2.27. The first-order valence-electron chi connectivity index (χ1n) is 7.78. The number of ether oxygens (including phenoxy) is 2. The van der Waals surface area contributed by atoms with Crippen LogP contribution in [0.15, 0.2) is 4.99 Å². The molecule has 2 fully saturated rings. The topological polar surface area (TPSA) is 106 Å². The highest BCUT2D eigenvalue weighted by molar-refractivity contribution is 14.0. The summed E-state index contributed by atoms with van der Waals surface area (Å²) < 4.78 is 37.2. The summed E-state index contributed by atoms with van der Waals surface area (Å²) >= 11 is 0. The molecule has 0 spiro atoms. The second-order valence-corrected chi connectivity index (χ2v) is 7.42. The molecule has 3 N–H and O–H groups in total. The van der Waals surface area contributed by atoms with Gasteiger partial charge in [0.2, 0.25) is 10.0 Å². The predicted molar refractivity (Wildman–Crippen MR) is 99.7 cm³/mol. The Morgan fingerprint density at radius 3 is 2.65 bits per heavy atom. The van der Waals surface area contributed by atoms with Crippen molar-refractivity contribution in [1.82, 2.24) is 9.62 Å². The Morgan fingerprint density at radius 1 is 1.26 bits per heavy atom. The van der Waals surface area contributed by atoms with Crippen LogP contribution in [0.3, 0.4) is 0 Å². The lowest BCUT2D eigenvalue weighted by Crippen LogP contribution is -2.45. The van der Waals surface area contributed by atoms with Crippen LogP contribution in [0.2, 0.25) is 0 Å². The summed E-state index contributed by atoms with van der Waals surface area (Å²) in [5, 5.41) is 0. The summed E-state index contributed by atoms with van der Waals surface area (Å²) in [6, 6.07) is 0. The van der Waals surface area contributed by atoms with Gasteiger partial charge in [-0.15, -0.1) is 24.0 Å². The van der Waals surface area contributed by atoms with Crippen molar-refractivity contribution in [3.05, 3.63) is 0 Å². The van der Waals surface area contributed by atoms with Crippen molar-refractivity contribution in [3.8, 4) is 0 Å². The van der Waals surface area contributed by atoms with Crippen molar-refractivity contribution >= 4 is 40.0 Å². The molecule has 23 heavy (non-hydrogen) atoms. The number of aliphatic imine (C=N–C) groups is 1. The average molecular weight is 462 g/mol. The van der Waals surface area contributed by atoms with Crippen LogP contribution in [0.4, 0.5) is 0 Å². The number of sulfonamides is 1. The van der Waals surface area contributed by atoms with Crippen LogP contribution in [-0.2, 0) is 19.5 Å². The average Bonchev–Trinajstić information content (AvgIpc) is 2.55. The van der Waals surface area contributed by atoms with E-state index in [1.165, 1.54) is 0 Å². The molecular weight excluding hydrogens is 435 g/mol. The van der Waals surface area contributed by atoms with E-state index in [4.69, 9.17) is 15.2 Å². The fourth-order valence-electron chi connectivity index (χ4n) is 2.43. The molecule has 10 heteroatoms. The van der Waals surface area contributed by atoms with E-state index in [2.05, 4.69) is 9.71 Å². The highest BCUT2D eigenvalue weighted by Gasteiger charge is 2.18. The number of nitrogens with one attached hydrogen (secondary N) is 1. The van der Waals surface area contributed by atoms with Crippen LogP contribution in [0.25, 0.3) is 0 Å². The third kappa shape index (κ3) is 7.96. The van der Waals surface area contributed by atoms with E-state index in [0.29, 0.717) is 45.4 Å². The maximum atomic E-state index is 11.9. The van der Waals surface area contributed by atoms with Gasteiger partial charge in [0.05, 0.1) is 31.6 Å². The Morgan fingerprint density at radius 2 is 2.00 bits per heavy atom. The van der Waals surface area contributed by atoms with Gasteiger partial charge in [-0.2, -0.15) is 0 Å². The number of hydrogen-bond acceptors (Lipinski definition) is 5. The number of guanidine groups is 1. The molecule has 0 aromatic rings. The van der Waals surface area contributed by atoms with Gasteiger partial charge in [-0.1, -0.05) is 0 Å². The van der Waals surface area contributed by atoms with E-state index < -0.39 is 10.0 Å². The highest BCUT2D eigenvalue weighted by Crippen LogP contribution is 2.11. The van der Waals surface area contributed by atoms with Gasteiger partial charge in [0.15, 0.2) is 5.96 Å². The van der Waals surface area contributed by atoms with Gasteiger partial charge in [-0.3, -0.25) is 4.99 Å². The maximum Gasteiger partial charge on any atom is 0.213 e. The molecule has 0 saturated carbocycles. The molecule has 0 radical (unpaired) electrons. The van der Waals surface area contributed by atoms with E-state index in [0.717, 1.165) is 19.3 Å². The van der Waals surface area contributed by atoms with Crippen molar-refractivity contribution in [2.75, 3.05) is 51.8 Å². The zero-order valence-electron chi connectivity index (χ0n) is 13.3. The molecule has 2 aliphatic rings. The second-order valence-electron chi connectivity index (χ2n) is 5.50. The molecule has 136 valence electrons. The summed E-state index contributed by atoms with van der Waals surface area (Å²) in [6.07, 6.45) is 3.04. The third-order valence-corrected chi connectivity index (χ3v) is 5.10. The van der Waals surface area contributed by atoms with Crippen molar-refractivity contribution in [2.24, 2.45) is 10.7 Å². The molecule has 1 unspecified atom stereocenters. The minimum Gasteiger partial charge on any atom is -0.378 e. The molecular formula is C13H27IN4O4S. The molecule has 1 atom stereocenters. The number of nitrogens with zero attached hydrogens (tertiary/aromatic N) is 2. The molecule has 0 bridgehead atoms. The number of morpholine rings is 1. The molecule has 2 aliphatic heterocycles. The quantitative estimate of drug-likeness (QED) is 0.320. The first kappa shape index (κ1) is 20.9. The number of nitrogens with two attached hydrogens (primary N) is 1. The summed E-state index contributed by atoms with van der Waals surface area (Å²) in [6.45, 7) is 3.84. The summed E-state index contributed by atoms with van der Waals surface area (Å²) in [5.74, 6) is 0.319. The predicted octanol–water partition coefficient (Wildman–Crippen LogP) is -0.260. The van der Waals surface area contributed by atoms with Crippen LogP contribution < -0.4 is 10.5 Å². The number of hydrogen-bond donors (Lipinski definition) is 2. The van der Waals surface area contributed by atoms with E-state index in [9.17, 15) is 8.42 Å². The van der Waals surface area contributed by atoms with Crippen molar-refractivity contribution < 1.29 is 17.9 Å². The maximum absolute atomic E-state index is 11.9. The Bertz CT molecular complexity index is 463. The van der Waals surface area contributed by atoms with Gasteiger partial charge >= 0.3 is 0 Å². The molecule has 2 saturated heterocycles. The SMILES string of the molecule is I.NC(=NCCS(=O)(=O)NCC1CCCCO1)N1CCOCC1. The van der Waals surface area contributed by atoms with Gasteiger partial charge in [-0.05, 0) is 19.3 Å². The number of halogens is 1. The van der Waals surface area contributed by atoms with Gasteiger partial charge in [-0.25, -0.2) is 13.1 Å². The van der Waals surface area contributed by atoms with Crippen molar-refractivity contribution in [1.29, 1.82) is 0 Å². The van der Waals surface area contributed by atoms with Crippen LogP contribution in [0.5, 0.6) is 0 Å². The van der Waals surface area contributed by atoms with Gasteiger partial charge in [0, 0.05) is 26.2 Å². The Kier molecular flexibility index (Phi) is 9.66. The Hall–Kier alpha value is -0.170. The third-order valence-electron chi connectivity index (χ3n) is 3.77. The van der Waals surface area contributed by atoms with E-state index in [1.807, 2.05) is 4.90 Å². The lowest BCUT2D eigenvalue weighted by atomic mass is 10.1. The summed E-state index contributed by atoms with van der Waals surface area (Å²) in [4.78, 5) is 6.04. The Balaban J connectivity index is 0.00000264. The minimum atomic E-state index is -3.34. The normalized spacial score (nSPS) is 23.4. The summed E-state index contributed by atoms with van der Waals surface area (Å²) in [5.41, 5.74) is 5.85. The highest BCUT2D eigenvalue weighted by atomic mass is 127. The van der Waals surface area contributed by atoms with Crippen LogP contribution in [0, 0.1) is 0 Å². The molecule has 0 aromatic carbocycles. The zero-order chi connectivity index (χ0) is 15.8. The van der Waals surface area contributed by atoms with E-state index in [1.54, 1.807) is 0 Å². The Labute approximate surface area is 155 Å². The lowest BCUT2D eigenvalue weighted by molar-refractivity contribution is 0.0200. The largest absolute Gasteiger partial charge is 0.378 e. The van der Waals surface area contributed by atoms with Crippen LogP contribution in [-0.4, -0.2) is 77.1 Å². The molecule has 2 rings (SSSR count).